The predicted molar refractivity (Wildman–Crippen MR) is 148 cm³/mol. The SMILES string of the molecule is OCc1cccc2c3c(ccc12)[C@]1(CC(OCc2ccccc2)CC(COCc2ccccc2)S1)OC3. The van der Waals surface area contributed by atoms with Gasteiger partial charge in [0.15, 0.2) is 0 Å². The molecule has 0 amide bonds. The largest absolute Gasteiger partial charge is 0.392 e. The molecule has 4 nitrogen and oxygen atoms in total. The number of benzene rings is 4. The number of aliphatic hydroxyl groups is 1. The Morgan fingerprint density at radius 2 is 1.59 bits per heavy atom. The first-order valence-electron chi connectivity index (χ1n) is 13.0. The van der Waals surface area contributed by atoms with E-state index in [1.54, 1.807) is 0 Å². The van der Waals surface area contributed by atoms with E-state index in [0.29, 0.717) is 26.4 Å². The third kappa shape index (κ3) is 5.20. The van der Waals surface area contributed by atoms with Crippen LogP contribution in [0.3, 0.4) is 0 Å². The van der Waals surface area contributed by atoms with Crippen molar-refractivity contribution in [1.29, 1.82) is 0 Å². The number of hydrogen-bond acceptors (Lipinski definition) is 5. The highest BCUT2D eigenvalue weighted by Gasteiger charge is 2.48. The van der Waals surface area contributed by atoms with Crippen LogP contribution in [-0.2, 0) is 45.6 Å². The van der Waals surface area contributed by atoms with Crippen molar-refractivity contribution < 1.29 is 19.3 Å². The average molecular weight is 513 g/mol. The molecule has 0 radical (unpaired) electrons. The van der Waals surface area contributed by atoms with E-state index in [9.17, 15) is 5.11 Å². The first-order valence-corrected chi connectivity index (χ1v) is 13.9. The fraction of sp³-hybridized carbons (Fsp3) is 0.312. The van der Waals surface area contributed by atoms with Crippen molar-refractivity contribution in [3.63, 3.8) is 0 Å². The quantitative estimate of drug-likeness (QED) is 0.284. The molecule has 4 aromatic rings. The van der Waals surface area contributed by atoms with Gasteiger partial charge in [0.1, 0.15) is 4.93 Å². The molecule has 2 aliphatic rings. The van der Waals surface area contributed by atoms with E-state index < -0.39 is 4.93 Å². The summed E-state index contributed by atoms with van der Waals surface area (Å²) < 4.78 is 19.4. The maximum absolute atomic E-state index is 9.85. The fourth-order valence-corrected chi connectivity index (χ4v) is 7.35. The monoisotopic (exact) mass is 512 g/mol. The van der Waals surface area contributed by atoms with Crippen molar-refractivity contribution >= 4 is 22.5 Å². The molecule has 3 atom stereocenters. The summed E-state index contributed by atoms with van der Waals surface area (Å²) in [6.07, 6.45) is 1.80. The van der Waals surface area contributed by atoms with Crippen molar-refractivity contribution in [2.24, 2.45) is 0 Å². The molecule has 0 bridgehead atoms. The zero-order chi connectivity index (χ0) is 25.1. The highest BCUT2D eigenvalue weighted by molar-refractivity contribution is 8.00. The third-order valence-electron chi connectivity index (χ3n) is 7.42. The number of rotatable bonds is 8. The van der Waals surface area contributed by atoms with Crippen LogP contribution in [0.2, 0.25) is 0 Å². The second-order valence-corrected chi connectivity index (χ2v) is 11.5. The van der Waals surface area contributed by atoms with Crippen LogP contribution >= 0.6 is 11.8 Å². The molecule has 190 valence electrons. The summed E-state index contributed by atoms with van der Waals surface area (Å²) in [5.74, 6) is 0. The van der Waals surface area contributed by atoms with Crippen LogP contribution in [0.25, 0.3) is 10.8 Å². The lowest BCUT2D eigenvalue weighted by atomic mass is 9.92. The third-order valence-corrected chi connectivity index (χ3v) is 8.96. The van der Waals surface area contributed by atoms with Gasteiger partial charge in [-0.1, -0.05) is 91.0 Å². The normalized spacial score (nSPS) is 22.9. The lowest BCUT2D eigenvalue weighted by Gasteiger charge is -2.41. The van der Waals surface area contributed by atoms with E-state index >= 15 is 0 Å². The summed E-state index contributed by atoms with van der Waals surface area (Å²) in [5, 5.41) is 12.4. The Kier molecular flexibility index (Phi) is 7.32. The Labute approximate surface area is 222 Å². The van der Waals surface area contributed by atoms with Gasteiger partial charge in [0, 0.05) is 17.2 Å². The number of hydrogen-bond donors (Lipinski definition) is 1. The average Bonchev–Trinajstić information content (AvgIpc) is 3.30. The Hall–Kier alpha value is -2.67. The molecule has 1 saturated heterocycles. The summed E-state index contributed by atoms with van der Waals surface area (Å²) in [7, 11) is 0. The second kappa shape index (κ2) is 11.0. The molecule has 4 aromatic carbocycles. The van der Waals surface area contributed by atoms with E-state index in [4.69, 9.17) is 14.2 Å². The molecular weight excluding hydrogens is 480 g/mol. The topological polar surface area (TPSA) is 47.9 Å². The van der Waals surface area contributed by atoms with Crippen molar-refractivity contribution in [3.8, 4) is 0 Å². The first-order chi connectivity index (χ1) is 18.2. The van der Waals surface area contributed by atoms with Gasteiger partial charge < -0.3 is 19.3 Å². The zero-order valence-electron chi connectivity index (χ0n) is 20.8. The van der Waals surface area contributed by atoms with E-state index in [1.807, 2.05) is 48.2 Å². The minimum absolute atomic E-state index is 0.0348. The van der Waals surface area contributed by atoms with Crippen LogP contribution in [0.4, 0.5) is 0 Å². The maximum Gasteiger partial charge on any atom is 0.142 e. The van der Waals surface area contributed by atoms with Crippen molar-refractivity contribution in [2.45, 2.75) is 55.6 Å². The Bertz CT molecular complexity index is 1340. The number of ether oxygens (including phenoxy) is 3. The lowest BCUT2D eigenvalue weighted by Crippen LogP contribution is -2.39. The molecule has 5 heteroatoms. The van der Waals surface area contributed by atoms with Gasteiger partial charge in [-0.05, 0) is 39.4 Å². The molecule has 0 aromatic heterocycles. The minimum Gasteiger partial charge on any atom is -0.392 e. The van der Waals surface area contributed by atoms with E-state index in [2.05, 4.69) is 54.6 Å². The van der Waals surface area contributed by atoms with Crippen molar-refractivity contribution in [3.05, 3.63) is 119 Å². The molecule has 1 N–H and O–H groups in total. The molecule has 37 heavy (non-hydrogen) atoms. The van der Waals surface area contributed by atoms with Gasteiger partial charge >= 0.3 is 0 Å². The Balaban J connectivity index is 1.26. The number of fused-ring (bicyclic) bond motifs is 4. The summed E-state index contributed by atoms with van der Waals surface area (Å²) in [6, 6.07) is 31.2. The van der Waals surface area contributed by atoms with Crippen LogP contribution in [0.5, 0.6) is 0 Å². The van der Waals surface area contributed by atoms with Crippen LogP contribution < -0.4 is 0 Å². The number of aliphatic hydroxyl groups excluding tert-OH is 1. The molecule has 1 fully saturated rings. The predicted octanol–water partition coefficient (Wildman–Crippen LogP) is 6.71. The molecule has 6 rings (SSSR count). The molecule has 0 saturated carbocycles. The summed E-state index contributed by atoms with van der Waals surface area (Å²) in [5.41, 5.74) is 5.79. The van der Waals surface area contributed by atoms with Gasteiger partial charge in [-0.3, -0.25) is 0 Å². The van der Waals surface area contributed by atoms with E-state index in [1.165, 1.54) is 27.6 Å². The summed E-state index contributed by atoms with van der Waals surface area (Å²) >= 11 is 1.89. The van der Waals surface area contributed by atoms with Gasteiger partial charge in [0.25, 0.3) is 0 Å². The van der Waals surface area contributed by atoms with E-state index in [0.717, 1.165) is 23.8 Å². The van der Waals surface area contributed by atoms with Gasteiger partial charge in [0.2, 0.25) is 0 Å². The van der Waals surface area contributed by atoms with Crippen LogP contribution in [0, 0.1) is 0 Å². The highest BCUT2D eigenvalue weighted by Crippen LogP contribution is 2.55. The number of thioether (sulfide) groups is 1. The van der Waals surface area contributed by atoms with Gasteiger partial charge in [-0.25, -0.2) is 0 Å². The van der Waals surface area contributed by atoms with Crippen LogP contribution in [0.1, 0.15) is 40.7 Å². The molecule has 2 unspecified atom stereocenters. The molecule has 2 heterocycles. The zero-order valence-corrected chi connectivity index (χ0v) is 21.7. The van der Waals surface area contributed by atoms with E-state index in [-0.39, 0.29) is 18.0 Å². The van der Waals surface area contributed by atoms with Crippen LogP contribution in [0.15, 0.2) is 91.0 Å². The first kappa shape index (κ1) is 24.7. The maximum atomic E-state index is 9.85. The van der Waals surface area contributed by atoms with Crippen molar-refractivity contribution in [2.75, 3.05) is 6.61 Å². The summed E-state index contributed by atoms with van der Waals surface area (Å²) in [4.78, 5) is -0.459. The van der Waals surface area contributed by atoms with Gasteiger partial charge in [-0.15, -0.1) is 11.8 Å². The molecular formula is C32H32O4S. The molecule has 0 aliphatic carbocycles. The Morgan fingerprint density at radius 1 is 0.838 bits per heavy atom. The minimum atomic E-state index is -0.459. The summed E-state index contributed by atoms with van der Waals surface area (Å²) in [6.45, 7) is 2.44. The Morgan fingerprint density at radius 3 is 2.35 bits per heavy atom. The van der Waals surface area contributed by atoms with Gasteiger partial charge in [-0.2, -0.15) is 0 Å². The molecule has 1 spiro atoms. The van der Waals surface area contributed by atoms with Crippen molar-refractivity contribution in [1.82, 2.24) is 0 Å². The lowest BCUT2D eigenvalue weighted by molar-refractivity contribution is -0.0494. The van der Waals surface area contributed by atoms with Crippen LogP contribution in [-0.4, -0.2) is 23.1 Å². The fourth-order valence-electron chi connectivity index (χ4n) is 5.61. The highest BCUT2D eigenvalue weighted by atomic mass is 32.2. The molecule has 2 aliphatic heterocycles. The van der Waals surface area contributed by atoms with Gasteiger partial charge in [0.05, 0.1) is 39.1 Å². The smallest absolute Gasteiger partial charge is 0.142 e. The standard InChI is InChI=1S/C32H32O4S/c33-18-25-12-7-13-29-28(25)14-15-31-30(29)22-36-32(31)17-26(35-20-24-10-5-2-6-11-24)16-27(37-32)21-34-19-23-8-3-1-4-9-23/h1-15,26-27,33H,16-22H2/t26?,27?,32-/m1/s1. The second-order valence-electron chi connectivity index (χ2n) is 9.90.